The first-order chi connectivity index (χ1) is 8.79. The molecule has 1 aromatic carbocycles. The van der Waals surface area contributed by atoms with Crippen molar-refractivity contribution in [3.8, 4) is 0 Å². The fraction of sp³-hybridized carbons (Fsp3) is 0.625. The molecule has 0 saturated heterocycles. The van der Waals surface area contributed by atoms with Crippen molar-refractivity contribution in [3.05, 3.63) is 29.8 Å². The van der Waals surface area contributed by atoms with E-state index in [-0.39, 0.29) is 0 Å². The minimum atomic E-state index is 0.618. The van der Waals surface area contributed by atoms with Gasteiger partial charge in [-0.3, -0.25) is 0 Å². The van der Waals surface area contributed by atoms with Crippen molar-refractivity contribution in [2.45, 2.75) is 57.4 Å². The van der Waals surface area contributed by atoms with Crippen LogP contribution >= 0.6 is 0 Å². The molecule has 100 valence electrons. The van der Waals surface area contributed by atoms with Crippen molar-refractivity contribution < 1.29 is 0 Å². The number of hydrogen-bond acceptors (Lipinski definition) is 2. The predicted octanol–water partition coefficient (Wildman–Crippen LogP) is 3.68. The molecule has 1 aliphatic carbocycles. The second-order valence-electron chi connectivity index (χ2n) is 5.52. The van der Waals surface area contributed by atoms with Gasteiger partial charge in [-0.25, -0.2) is 0 Å². The van der Waals surface area contributed by atoms with E-state index in [1.54, 1.807) is 0 Å². The molecule has 1 aromatic rings. The molecule has 0 aliphatic heterocycles. The first kappa shape index (κ1) is 13.4. The molecule has 2 nitrogen and oxygen atoms in total. The lowest BCUT2D eigenvalue weighted by Gasteiger charge is -2.25. The number of benzene rings is 1. The van der Waals surface area contributed by atoms with E-state index in [4.69, 9.17) is 5.73 Å². The molecule has 18 heavy (non-hydrogen) atoms. The molecule has 3 N–H and O–H groups in total. The van der Waals surface area contributed by atoms with Gasteiger partial charge in [-0.2, -0.15) is 0 Å². The van der Waals surface area contributed by atoms with Gasteiger partial charge in [0.25, 0.3) is 0 Å². The largest absolute Gasteiger partial charge is 0.399 e. The number of rotatable bonds is 5. The van der Waals surface area contributed by atoms with Gasteiger partial charge in [-0.05, 0) is 42.9 Å². The summed E-state index contributed by atoms with van der Waals surface area (Å²) < 4.78 is 0. The van der Waals surface area contributed by atoms with Crippen LogP contribution in [0.5, 0.6) is 0 Å². The highest BCUT2D eigenvalue weighted by atomic mass is 14.9. The second kappa shape index (κ2) is 6.79. The summed E-state index contributed by atoms with van der Waals surface area (Å²) >= 11 is 0. The van der Waals surface area contributed by atoms with E-state index < -0.39 is 0 Å². The maximum atomic E-state index is 5.74. The van der Waals surface area contributed by atoms with Crippen LogP contribution in [-0.2, 0) is 0 Å². The molecule has 0 radical (unpaired) electrons. The Morgan fingerprint density at radius 3 is 2.44 bits per heavy atom. The average molecular weight is 246 g/mol. The Kier molecular flexibility index (Phi) is 5.06. The lowest BCUT2D eigenvalue weighted by molar-refractivity contribution is 0.363. The normalized spacial score (nSPS) is 18.7. The van der Waals surface area contributed by atoms with Crippen molar-refractivity contribution >= 4 is 5.69 Å². The molecular formula is C16H26N2. The molecule has 1 unspecified atom stereocenters. The maximum Gasteiger partial charge on any atom is 0.0314 e. The van der Waals surface area contributed by atoms with Crippen LogP contribution in [0.25, 0.3) is 0 Å². The summed E-state index contributed by atoms with van der Waals surface area (Å²) in [6, 6.07) is 9.12. The molecule has 2 rings (SSSR count). The lowest BCUT2D eigenvalue weighted by Crippen LogP contribution is -2.34. The summed E-state index contributed by atoms with van der Waals surface area (Å²) in [4.78, 5) is 0. The molecule has 0 aromatic heterocycles. The number of hydrogen-bond donors (Lipinski definition) is 2. The van der Waals surface area contributed by atoms with Crippen molar-refractivity contribution in [1.29, 1.82) is 0 Å². The Bertz CT molecular complexity index is 339. The summed E-state index contributed by atoms with van der Waals surface area (Å²) in [6.45, 7) is 3.37. The highest BCUT2D eigenvalue weighted by Gasteiger charge is 2.15. The minimum absolute atomic E-state index is 0.618. The minimum Gasteiger partial charge on any atom is -0.399 e. The van der Waals surface area contributed by atoms with E-state index in [1.807, 2.05) is 12.1 Å². The Morgan fingerprint density at radius 2 is 1.83 bits per heavy atom. The van der Waals surface area contributed by atoms with Gasteiger partial charge in [0, 0.05) is 18.3 Å². The monoisotopic (exact) mass is 246 g/mol. The van der Waals surface area contributed by atoms with Crippen LogP contribution in [0, 0.1) is 0 Å². The third-order valence-electron chi connectivity index (χ3n) is 4.16. The Labute approximate surface area is 111 Å². The first-order valence-electron chi connectivity index (χ1n) is 7.38. The molecule has 0 amide bonds. The molecule has 1 aliphatic rings. The van der Waals surface area contributed by atoms with Crippen molar-refractivity contribution in [1.82, 2.24) is 5.32 Å². The zero-order chi connectivity index (χ0) is 12.8. The standard InChI is InChI=1S/C16H26N2/c1-2-13(14-8-10-15(17)11-9-14)12-18-16-6-4-3-5-7-16/h8-11,13,16,18H,2-7,12,17H2,1H3. The zero-order valence-electron chi connectivity index (χ0n) is 11.5. The summed E-state index contributed by atoms with van der Waals surface area (Å²) in [7, 11) is 0. The summed E-state index contributed by atoms with van der Waals surface area (Å²) in [5.74, 6) is 0.618. The zero-order valence-corrected chi connectivity index (χ0v) is 11.5. The summed E-state index contributed by atoms with van der Waals surface area (Å²) in [5, 5.41) is 3.75. The summed E-state index contributed by atoms with van der Waals surface area (Å²) in [5.41, 5.74) is 8.01. The Balaban J connectivity index is 1.86. The van der Waals surface area contributed by atoms with Gasteiger partial charge in [-0.1, -0.05) is 38.3 Å². The Morgan fingerprint density at radius 1 is 1.17 bits per heavy atom. The highest BCUT2D eigenvalue weighted by molar-refractivity contribution is 5.40. The molecule has 1 saturated carbocycles. The van der Waals surface area contributed by atoms with Gasteiger partial charge in [-0.15, -0.1) is 0 Å². The van der Waals surface area contributed by atoms with E-state index >= 15 is 0 Å². The first-order valence-corrected chi connectivity index (χ1v) is 7.38. The third kappa shape index (κ3) is 3.74. The number of nitrogens with one attached hydrogen (secondary N) is 1. The average Bonchev–Trinajstić information content (AvgIpc) is 2.42. The van der Waals surface area contributed by atoms with Crippen molar-refractivity contribution in [2.75, 3.05) is 12.3 Å². The van der Waals surface area contributed by atoms with Gasteiger partial charge in [0.05, 0.1) is 0 Å². The number of nitrogen functional groups attached to an aromatic ring is 1. The van der Waals surface area contributed by atoms with Crippen molar-refractivity contribution in [3.63, 3.8) is 0 Å². The topological polar surface area (TPSA) is 38.0 Å². The van der Waals surface area contributed by atoms with Gasteiger partial charge in [0.15, 0.2) is 0 Å². The molecule has 0 heterocycles. The van der Waals surface area contributed by atoms with Gasteiger partial charge >= 0.3 is 0 Å². The number of anilines is 1. The van der Waals surface area contributed by atoms with Crippen LogP contribution < -0.4 is 11.1 Å². The van der Waals surface area contributed by atoms with Crippen LogP contribution in [0.4, 0.5) is 5.69 Å². The van der Waals surface area contributed by atoms with Gasteiger partial charge in [0.1, 0.15) is 0 Å². The maximum absolute atomic E-state index is 5.74. The van der Waals surface area contributed by atoms with E-state index in [2.05, 4.69) is 24.4 Å². The van der Waals surface area contributed by atoms with E-state index in [9.17, 15) is 0 Å². The van der Waals surface area contributed by atoms with E-state index in [1.165, 1.54) is 44.1 Å². The fourth-order valence-corrected chi connectivity index (χ4v) is 2.88. The van der Waals surface area contributed by atoms with E-state index in [0.29, 0.717) is 5.92 Å². The van der Waals surface area contributed by atoms with Crippen LogP contribution in [0.3, 0.4) is 0 Å². The van der Waals surface area contributed by atoms with E-state index in [0.717, 1.165) is 18.3 Å². The molecule has 0 bridgehead atoms. The SMILES string of the molecule is CCC(CNC1CCCCC1)c1ccc(N)cc1. The predicted molar refractivity (Wildman–Crippen MR) is 78.8 cm³/mol. The van der Waals surface area contributed by atoms with Crippen LogP contribution in [0.15, 0.2) is 24.3 Å². The van der Waals surface area contributed by atoms with Gasteiger partial charge in [0.2, 0.25) is 0 Å². The van der Waals surface area contributed by atoms with Gasteiger partial charge < -0.3 is 11.1 Å². The van der Waals surface area contributed by atoms with Crippen LogP contribution in [0.1, 0.15) is 56.9 Å². The molecule has 2 heteroatoms. The fourth-order valence-electron chi connectivity index (χ4n) is 2.88. The van der Waals surface area contributed by atoms with Crippen molar-refractivity contribution in [2.24, 2.45) is 0 Å². The second-order valence-corrected chi connectivity index (χ2v) is 5.52. The molecule has 1 atom stereocenters. The lowest BCUT2D eigenvalue weighted by atomic mass is 9.93. The molecular weight excluding hydrogens is 220 g/mol. The molecule has 1 fully saturated rings. The van der Waals surface area contributed by atoms with Crippen LogP contribution in [-0.4, -0.2) is 12.6 Å². The molecule has 0 spiro atoms. The smallest absolute Gasteiger partial charge is 0.0314 e. The summed E-state index contributed by atoms with van der Waals surface area (Å²) in [6.07, 6.45) is 8.12. The quantitative estimate of drug-likeness (QED) is 0.778. The third-order valence-corrected chi connectivity index (χ3v) is 4.16. The Hall–Kier alpha value is -1.02. The highest BCUT2D eigenvalue weighted by Crippen LogP contribution is 2.22. The van der Waals surface area contributed by atoms with Crippen LogP contribution in [0.2, 0.25) is 0 Å². The number of nitrogens with two attached hydrogens (primary N) is 1.